The molecule has 8 aromatic carbocycles. The lowest BCUT2D eigenvalue weighted by Crippen LogP contribution is -2.11. The van der Waals surface area contributed by atoms with Gasteiger partial charge in [-0.05, 0) is 118 Å². The molecule has 0 spiro atoms. The predicted octanol–water partition coefficient (Wildman–Crippen LogP) is 12.9. The molecule has 0 heterocycles. The van der Waals surface area contributed by atoms with E-state index in [1.807, 2.05) is 0 Å². The maximum atomic E-state index is 2.49. The highest BCUT2D eigenvalue weighted by molar-refractivity contribution is 6.16. The molecule has 0 saturated heterocycles. The summed E-state index contributed by atoms with van der Waals surface area (Å²) in [7, 11) is 0. The van der Waals surface area contributed by atoms with Crippen molar-refractivity contribution < 1.29 is 0 Å². The van der Waals surface area contributed by atoms with Gasteiger partial charge in [-0.3, -0.25) is 0 Å². The van der Waals surface area contributed by atoms with Crippen molar-refractivity contribution in [2.45, 2.75) is 25.2 Å². The van der Waals surface area contributed by atoms with E-state index >= 15 is 0 Å². The zero-order valence-electron chi connectivity index (χ0n) is 26.8. The normalized spacial score (nSPS) is 15.3. The van der Waals surface area contributed by atoms with Gasteiger partial charge in [-0.15, -0.1) is 0 Å². The van der Waals surface area contributed by atoms with Gasteiger partial charge in [-0.25, -0.2) is 0 Å². The number of hydrogen-bond acceptors (Lipinski definition) is 0. The second-order valence-electron chi connectivity index (χ2n) is 13.4. The van der Waals surface area contributed by atoms with Gasteiger partial charge < -0.3 is 0 Å². The summed E-state index contributed by atoms with van der Waals surface area (Å²) in [5.74, 6) is 0.275. The highest BCUT2D eigenvalue weighted by Gasteiger charge is 2.26. The lowest BCUT2D eigenvalue weighted by Gasteiger charge is -2.28. The second kappa shape index (κ2) is 10.9. The second-order valence-corrected chi connectivity index (χ2v) is 13.4. The number of fused-ring (bicyclic) bond motifs is 9. The first-order valence-electron chi connectivity index (χ1n) is 17.3. The Bertz CT molecular complexity index is 2590. The van der Waals surface area contributed by atoms with Gasteiger partial charge in [0.2, 0.25) is 0 Å². The SMILES string of the molecule is C1=Cc2c3c(c4ccccc4c2CC1)CC(c1c2ccccc2c(-c2cccc(-c4cccc5ccccc45)c2)c2ccccc12)C=C3. The summed E-state index contributed by atoms with van der Waals surface area (Å²) in [5.41, 5.74) is 12.4. The summed E-state index contributed by atoms with van der Waals surface area (Å²) in [6.45, 7) is 0. The molecular formula is C48H34. The summed E-state index contributed by atoms with van der Waals surface area (Å²) in [4.78, 5) is 0. The molecule has 1 atom stereocenters. The molecule has 0 nitrogen and oxygen atoms in total. The topological polar surface area (TPSA) is 0 Å². The number of aryl methyl sites for hydroxylation is 1. The Labute approximate surface area is 281 Å². The lowest BCUT2D eigenvalue weighted by molar-refractivity contribution is 0.844. The van der Waals surface area contributed by atoms with Crippen LogP contribution in [0.4, 0.5) is 0 Å². The molecule has 0 heteroatoms. The number of hydrogen-bond donors (Lipinski definition) is 0. The van der Waals surface area contributed by atoms with Gasteiger partial charge in [0.15, 0.2) is 0 Å². The molecule has 0 N–H and O–H groups in total. The fraction of sp³-hybridized carbons (Fsp3) is 0.0833. The molecule has 0 bridgehead atoms. The third kappa shape index (κ3) is 4.16. The van der Waals surface area contributed by atoms with Crippen molar-refractivity contribution in [2.75, 3.05) is 0 Å². The van der Waals surface area contributed by atoms with Crippen LogP contribution in [0.2, 0.25) is 0 Å². The zero-order valence-corrected chi connectivity index (χ0v) is 26.8. The van der Waals surface area contributed by atoms with Crippen LogP contribution in [0.25, 0.3) is 77.5 Å². The fourth-order valence-electron chi connectivity index (χ4n) is 8.81. The molecule has 0 aromatic heterocycles. The van der Waals surface area contributed by atoms with Crippen LogP contribution in [0.5, 0.6) is 0 Å². The summed E-state index contributed by atoms with van der Waals surface area (Å²) in [6, 6.07) is 51.8. The Kier molecular flexibility index (Phi) is 6.24. The van der Waals surface area contributed by atoms with Crippen LogP contribution in [0.15, 0.2) is 152 Å². The van der Waals surface area contributed by atoms with Crippen molar-refractivity contribution in [3.63, 3.8) is 0 Å². The average molecular weight is 611 g/mol. The van der Waals surface area contributed by atoms with E-state index in [2.05, 4.69) is 164 Å². The lowest BCUT2D eigenvalue weighted by atomic mass is 9.75. The maximum Gasteiger partial charge on any atom is 0.00744 e. The van der Waals surface area contributed by atoms with Crippen LogP contribution in [0.3, 0.4) is 0 Å². The van der Waals surface area contributed by atoms with Crippen LogP contribution >= 0.6 is 0 Å². The number of allylic oxidation sites excluding steroid dienone is 2. The molecule has 0 amide bonds. The Balaban J connectivity index is 1.19. The largest absolute Gasteiger partial charge is 0.0836 e. The van der Waals surface area contributed by atoms with Crippen molar-refractivity contribution in [1.82, 2.24) is 0 Å². The van der Waals surface area contributed by atoms with Crippen LogP contribution in [-0.2, 0) is 12.8 Å². The van der Waals surface area contributed by atoms with E-state index in [1.165, 1.54) is 93.2 Å². The number of benzene rings is 8. The standard InChI is InChI=1S/C48H34/c1-2-17-35-31(13-1)14-12-26-36(35)32-15-11-16-33(29-32)47-42-22-7-9-24-44(42)48(45-25-10-8-23-43(45)47)34-27-28-41-39-20-4-3-18-37(39)38-19-5-6-21-40(38)46(41)30-34/h1-2,4-17,19-29,34H,3,18,30H2. The molecule has 10 rings (SSSR count). The first-order valence-corrected chi connectivity index (χ1v) is 17.3. The Hall–Kier alpha value is -5.72. The number of rotatable bonds is 3. The van der Waals surface area contributed by atoms with Gasteiger partial charge in [0, 0.05) is 5.92 Å². The Morgan fingerprint density at radius 1 is 0.458 bits per heavy atom. The minimum atomic E-state index is 0.275. The molecular weight excluding hydrogens is 577 g/mol. The first-order chi connectivity index (χ1) is 23.8. The van der Waals surface area contributed by atoms with Crippen molar-refractivity contribution in [3.8, 4) is 22.3 Å². The molecule has 0 aliphatic heterocycles. The van der Waals surface area contributed by atoms with Gasteiger partial charge in [0.1, 0.15) is 0 Å². The van der Waals surface area contributed by atoms with E-state index in [4.69, 9.17) is 0 Å². The third-order valence-corrected chi connectivity index (χ3v) is 10.9. The van der Waals surface area contributed by atoms with Crippen molar-refractivity contribution in [1.29, 1.82) is 0 Å². The smallest absolute Gasteiger partial charge is 0.00744 e. The molecule has 0 radical (unpaired) electrons. The summed E-state index contributed by atoms with van der Waals surface area (Å²) in [5, 5.41) is 10.7. The summed E-state index contributed by atoms with van der Waals surface area (Å²) in [6.07, 6.45) is 12.9. The minimum Gasteiger partial charge on any atom is -0.0836 e. The van der Waals surface area contributed by atoms with Crippen molar-refractivity contribution in [2.24, 2.45) is 0 Å². The molecule has 2 aliphatic rings. The third-order valence-electron chi connectivity index (χ3n) is 10.9. The van der Waals surface area contributed by atoms with E-state index in [1.54, 1.807) is 0 Å². The van der Waals surface area contributed by atoms with Crippen LogP contribution in [0.1, 0.15) is 40.2 Å². The monoisotopic (exact) mass is 610 g/mol. The summed E-state index contributed by atoms with van der Waals surface area (Å²) >= 11 is 0. The van der Waals surface area contributed by atoms with Crippen LogP contribution in [0, 0.1) is 0 Å². The molecule has 0 fully saturated rings. The summed E-state index contributed by atoms with van der Waals surface area (Å²) < 4.78 is 0. The molecule has 2 aliphatic carbocycles. The molecule has 1 unspecified atom stereocenters. The molecule has 226 valence electrons. The van der Waals surface area contributed by atoms with E-state index in [9.17, 15) is 0 Å². The molecule has 0 saturated carbocycles. The zero-order chi connectivity index (χ0) is 31.6. The van der Waals surface area contributed by atoms with Gasteiger partial charge in [0.05, 0.1) is 0 Å². The van der Waals surface area contributed by atoms with E-state index < -0.39 is 0 Å². The van der Waals surface area contributed by atoms with Crippen molar-refractivity contribution >= 4 is 55.2 Å². The molecule has 48 heavy (non-hydrogen) atoms. The van der Waals surface area contributed by atoms with Crippen LogP contribution in [-0.4, -0.2) is 0 Å². The van der Waals surface area contributed by atoms with Gasteiger partial charge in [-0.2, -0.15) is 0 Å². The van der Waals surface area contributed by atoms with Gasteiger partial charge in [-0.1, -0.05) is 158 Å². The van der Waals surface area contributed by atoms with Crippen LogP contribution < -0.4 is 0 Å². The predicted molar refractivity (Wildman–Crippen MR) is 207 cm³/mol. The van der Waals surface area contributed by atoms with Gasteiger partial charge in [0.25, 0.3) is 0 Å². The van der Waals surface area contributed by atoms with E-state index in [-0.39, 0.29) is 5.92 Å². The van der Waals surface area contributed by atoms with Crippen molar-refractivity contribution in [3.05, 3.63) is 179 Å². The highest BCUT2D eigenvalue weighted by Crippen LogP contribution is 2.47. The first kappa shape index (κ1) is 27.4. The van der Waals surface area contributed by atoms with E-state index in [0.29, 0.717) is 0 Å². The minimum absolute atomic E-state index is 0.275. The Morgan fingerprint density at radius 2 is 1.04 bits per heavy atom. The van der Waals surface area contributed by atoms with E-state index in [0.717, 1.165) is 19.3 Å². The Morgan fingerprint density at radius 3 is 1.81 bits per heavy atom. The maximum absolute atomic E-state index is 2.49. The quantitative estimate of drug-likeness (QED) is 0.175. The highest BCUT2D eigenvalue weighted by atomic mass is 14.3. The molecule has 8 aromatic rings. The fourth-order valence-corrected chi connectivity index (χ4v) is 8.81. The average Bonchev–Trinajstić information content (AvgIpc) is 3.16. The van der Waals surface area contributed by atoms with Gasteiger partial charge >= 0.3 is 0 Å².